The highest BCUT2D eigenvalue weighted by molar-refractivity contribution is 5.85. The summed E-state index contributed by atoms with van der Waals surface area (Å²) >= 11 is 0. The molecule has 1 amide bonds. The molecule has 6 nitrogen and oxygen atoms in total. The van der Waals surface area contributed by atoms with Gasteiger partial charge in [0.2, 0.25) is 0 Å². The number of carbonyl (C=O) groups is 1. The predicted molar refractivity (Wildman–Crippen MR) is 61.8 cm³/mol. The minimum atomic E-state index is -0.672. The lowest BCUT2D eigenvalue weighted by Gasteiger charge is -2.19. The second-order valence-corrected chi connectivity index (χ2v) is 4.33. The summed E-state index contributed by atoms with van der Waals surface area (Å²) in [6, 6.07) is 6.70. The maximum absolute atomic E-state index is 11.4. The zero-order valence-corrected chi connectivity index (χ0v) is 9.81. The molecule has 0 unspecified atom stereocenters. The number of hydrogen-bond acceptors (Lipinski definition) is 4. The number of hydrogen-bond donors (Lipinski definition) is 1. The molecule has 0 fully saturated rings. The van der Waals surface area contributed by atoms with Gasteiger partial charge in [0.25, 0.3) is 5.69 Å². The number of amides is 1. The third-order valence-electron chi connectivity index (χ3n) is 1.61. The molecule has 0 spiro atoms. The van der Waals surface area contributed by atoms with Crippen LogP contribution in [0.4, 0.5) is 16.2 Å². The van der Waals surface area contributed by atoms with Gasteiger partial charge in [-0.25, -0.2) is 4.79 Å². The van der Waals surface area contributed by atoms with Gasteiger partial charge in [-0.15, -0.1) is 0 Å². The number of nitrogens with zero attached hydrogens (tertiary/aromatic N) is 1. The van der Waals surface area contributed by atoms with Gasteiger partial charge in [-0.05, 0) is 26.8 Å². The van der Waals surface area contributed by atoms with Crippen LogP contribution in [0.5, 0.6) is 0 Å². The largest absolute Gasteiger partial charge is 0.444 e. The van der Waals surface area contributed by atoms with Gasteiger partial charge >= 0.3 is 6.09 Å². The molecule has 0 atom stereocenters. The number of rotatable bonds is 2. The van der Waals surface area contributed by atoms with Crippen molar-refractivity contribution in [3.05, 3.63) is 34.4 Å². The normalized spacial score (nSPS) is 10.8. The first-order chi connectivity index (χ1) is 7.78. The van der Waals surface area contributed by atoms with Crippen molar-refractivity contribution in [2.45, 2.75) is 26.4 Å². The molecule has 0 heterocycles. The number of anilines is 1. The van der Waals surface area contributed by atoms with Crippen LogP contribution in [0.1, 0.15) is 20.8 Å². The first-order valence-electron chi connectivity index (χ1n) is 4.95. The van der Waals surface area contributed by atoms with Crippen LogP contribution in [-0.2, 0) is 4.74 Å². The van der Waals surface area contributed by atoms with Crippen LogP contribution in [0, 0.1) is 16.2 Å². The predicted octanol–water partition coefficient (Wildman–Crippen LogP) is 2.74. The Kier molecular flexibility index (Phi) is 3.67. The quantitative estimate of drug-likeness (QED) is 0.633. The fourth-order valence-electron chi connectivity index (χ4n) is 1.05. The van der Waals surface area contributed by atoms with Crippen molar-refractivity contribution >= 4 is 17.5 Å². The summed E-state index contributed by atoms with van der Waals surface area (Å²) in [5.41, 5.74) is -0.628. The number of benzene rings is 1. The van der Waals surface area contributed by atoms with E-state index < -0.39 is 16.6 Å². The second kappa shape index (κ2) is 4.82. The number of nitro benzene ring substituents is 1. The summed E-state index contributed by atoms with van der Waals surface area (Å²) < 4.78 is 5.00. The van der Waals surface area contributed by atoms with Gasteiger partial charge in [0.15, 0.2) is 0 Å². The number of non-ortho nitro benzene ring substituents is 1. The molecule has 6 heteroatoms. The standard InChI is InChI=1S/C11H13N2O4/c1-11(2,3)17-10(14)12-8-5-4-6-9(7-8)13(15)16/h4-6H,1-3H3,(H,12,14). The van der Waals surface area contributed by atoms with Crippen LogP contribution in [0.2, 0.25) is 0 Å². The lowest BCUT2D eigenvalue weighted by Crippen LogP contribution is -2.27. The topological polar surface area (TPSA) is 81.5 Å². The Hall–Kier alpha value is -2.11. The number of nitrogens with one attached hydrogen (secondary N) is 1. The van der Waals surface area contributed by atoms with E-state index in [2.05, 4.69) is 11.4 Å². The average molecular weight is 237 g/mol. The van der Waals surface area contributed by atoms with Gasteiger partial charge in [-0.1, -0.05) is 6.07 Å². The Morgan fingerprint density at radius 1 is 1.47 bits per heavy atom. The van der Waals surface area contributed by atoms with Crippen LogP contribution < -0.4 is 5.32 Å². The number of ether oxygens (including phenoxy) is 1. The minimum Gasteiger partial charge on any atom is -0.444 e. The first-order valence-corrected chi connectivity index (χ1v) is 4.95. The fraction of sp³-hybridized carbons (Fsp3) is 0.364. The van der Waals surface area contributed by atoms with Gasteiger partial charge in [0.05, 0.1) is 16.7 Å². The van der Waals surface area contributed by atoms with Gasteiger partial charge < -0.3 is 4.74 Å². The van der Waals surface area contributed by atoms with Crippen LogP contribution in [-0.4, -0.2) is 16.6 Å². The molecule has 0 bridgehead atoms. The smallest absolute Gasteiger partial charge is 0.412 e. The molecular formula is C11H13N2O4. The molecule has 1 aromatic carbocycles. The van der Waals surface area contributed by atoms with Crippen LogP contribution in [0.15, 0.2) is 18.2 Å². The molecule has 1 N–H and O–H groups in total. The van der Waals surface area contributed by atoms with Crippen molar-refractivity contribution in [3.8, 4) is 0 Å². The molecule has 0 aliphatic carbocycles. The van der Waals surface area contributed by atoms with Gasteiger partial charge in [-0.2, -0.15) is 0 Å². The summed E-state index contributed by atoms with van der Waals surface area (Å²) in [7, 11) is 0. The van der Waals surface area contributed by atoms with E-state index in [0.717, 1.165) is 0 Å². The molecule has 0 saturated carbocycles. The molecule has 1 rings (SSSR count). The summed E-state index contributed by atoms with van der Waals surface area (Å²) in [5, 5.41) is 12.9. The Labute approximate surface area is 98.7 Å². The van der Waals surface area contributed by atoms with Crippen molar-refractivity contribution in [1.82, 2.24) is 0 Å². The minimum absolute atomic E-state index is 0.202. The molecule has 0 saturated heterocycles. The first kappa shape index (κ1) is 13.0. The zero-order chi connectivity index (χ0) is 13.1. The van der Waals surface area contributed by atoms with Crippen molar-refractivity contribution in [1.29, 1.82) is 0 Å². The summed E-state index contributed by atoms with van der Waals surface area (Å²) in [5.74, 6) is 0. The Balaban J connectivity index is 2.72. The van der Waals surface area contributed by atoms with Crippen LogP contribution in [0.3, 0.4) is 0 Å². The van der Waals surface area contributed by atoms with Gasteiger partial charge in [0, 0.05) is 6.07 Å². The molecule has 91 valence electrons. The molecule has 0 aromatic heterocycles. The summed E-state index contributed by atoms with van der Waals surface area (Å²) in [6.45, 7) is 5.18. The van der Waals surface area contributed by atoms with E-state index in [-0.39, 0.29) is 11.4 Å². The van der Waals surface area contributed by atoms with Crippen LogP contribution >= 0.6 is 0 Å². The molecule has 1 radical (unpaired) electrons. The second-order valence-electron chi connectivity index (χ2n) is 4.33. The lowest BCUT2D eigenvalue weighted by atomic mass is 10.2. The van der Waals surface area contributed by atoms with Crippen molar-refractivity contribution in [2.24, 2.45) is 0 Å². The van der Waals surface area contributed by atoms with Gasteiger partial charge in [-0.3, -0.25) is 15.4 Å². The van der Waals surface area contributed by atoms with Crippen molar-refractivity contribution < 1.29 is 14.5 Å². The molecular weight excluding hydrogens is 224 g/mol. The Bertz CT molecular complexity index is 437. The van der Waals surface area contributed by atoms with Crippen LogP contribution in [0.25, 0.3) is 0 Å². The average Bonchev–Trinajstić information content (AvgIpc) is 2.14. The van der Waals surface area contributed by atoms with E-state index in [1.54, 1.807) is 20.8 Å². The van der Waals surface area contributed by atoms with Crippen molar-refractivity contribution in [2.75, 3.05) is 5.32 Å². The summed E-state index contributed by atoms with van der Waals surface area (Å²) in [6.07, 6.45) is -0.672. The highest BCUT2D eigenvalue weighted by atomic mass is 16.6. The van der Waals surface area contributed by atoms with E-state index >= 15 is 0 Å². The molecule has 1 aromatic rings. The molecule has 0 aliphatic heterocycles. The lowest BCUT2D eigenvalue weighted by molar-refractivity contribution is -0.385. The van der Waals surface area contributed by atoms with E-state index in [1.807, 2.05) is 0 Å². The fourth-order valence-corrected chi connectivity index (χ4v) is 1.05. The number of carbonyl (C=O) groups excluding carboxylic acids is 1. The highest BCUT2D eigenvalue weighted by Gasteiger charge is 2.17. The Morgan fingerprint density at radius 2 is 2.12 bits per heavy atom. The van der Waals surface area contributed by atoms with E-state index in [9.17, 15) is 14.9 Å². The van der Waals surface area contributed by atoms with E-state index in [4.69, 9.17) is 4.74 Å². The molecule has 17 heavy (non-hydrogen) atoms. The van der Waals surface area contributed by atoms with Gasteiger partial charge in [0.1, 0.15) is 5.60 Å². The zero-order valence-electron chi connectivity index (χ0n) is 9.81. The van der Waals surface area contributed by atoms with E-state index in [0.29, 0.717) is 0 Å². The van der Waals surface area contributed by atoms with Crippen molar-refractivity contribution in [3.63, 3.8) is 0 Å². The summed E-state index contributed by atoms with van der Waals surface area (Å²) in [4.78, 5) is 21.3. The Morgan fingerprint density at radius 3 is 2.65 bits per heavy atom. The highest BCUT2D eigenvalue weighted by Crippen LogP contribution is 2.17. The van der Waals surface area contributed by atoms with E-state index in [1.165, 1.54) is 18.2 Å². The molecule has 0 aliphatic rings. The number of nitro groups is 1. The monoisotopic (exact) mass is 237 g/mol. The maximum Gasteiger partial charge on any atom is 0.412 e. The maximum atomic E-state index is 11.4. The SMILES string of the molecule is CC(C)(C)OC(=O)Nc1[c]c([N+](=O)[O-])ccc1. The third-order valence-corrected chi connectivity index (χ3v) is 1.61. The third kappa shape index (κ3) is 4.50.